The van der Waals surface area contributed by atoms with Crippen molar-refractivity contribution in [1.29, 1.82) is 0 Å². The van der Waals surface area contributed by atoms with Crippen molar-refractivity contribution in [3.63, 3.8) is 0 Å². The summed E-state index contributed by atoms with van der Waals surface area (Å²) in [6.45, 7) is 1.43. The summed E-state index contributed by atoms with van der Waals surface area (Å²) in [5, 5.41) is 0. The molecule has 0 fully saturated rings. The van der Waals surface area contributed by atoms with E-state index in [4.69, 9.17) is 4.74 Å². The number of ether oxygens (including phenoxy) is 1. The largest absolute Gasteiger partial charge is 0.482 e. The molecule has 0 aliphatic rings. The Morgan fingerprint density at radius 1 is 1.00 bits per heavy atom. The van der Waals surface area contributed by atoms with Gasteiger partial charge in [-0.2, -0.15) is 13.2 Å². The van der Waals surface area contributed by atoms with Crippen LogP contribution < -0.4 is 4.74 Å². The first-order chi connectivity index (χ1) is 9.89. The third kappa shape index (κ3) is 3.62. The highest BCUT2D eigenvalue weighted by Crippen LogP contribution is 2.36. The van der Waals surface area contributed by atoms with Crippen LogP contribution in [0.4, 0.5) is 13.2 Å². The zero-order valence-electron chi connectivity index (χ0n) is 11.2. The summed E-state index contributed by atoms with van der Waals surface area (Å²) in [7, 11) is 0. The smallest absolute Gasteiger partial charge is 0.419 e. The maximum atomic E-state index is 12.9. The van der Waals surface area contributed by atoms with Crippen LogP contribution in [0.15, 0.2) is 54.6 Å². The van der Waals surface area contributed by atoms with Gasteiger partial charge in [0.25, 0.3) is 0 Å². The molecule has 2 nitrogen and oxygen atoms in total. The van der Waals surface area contributed by atoms with E-state index < -0.39 is 17.8 Å². The minimum atomic E-state index is -4.52. The Morgan fingerprint density at radius 2 is 1.57 bits per heavy atom. The lowest BCUT2D eigenvalue weighted by Crippen LogP contribution is -2.25. The molecule has 2 aromatic carbocycles. The van der Waals surface area contributed by atoms with Gasteiger partial charge in [0.05, 0.1) is 5.56 Å². The summed E-state index contributed by atoms with van der Waals surface area (Å²) >= 11 is 0. The summed E-state index contributed by atoms with van der Waals surface area (Å²) in [4.78, 5) is 12.1. The fraction of sp³-hybridized carbons (Fsp3) is 0.188. The van der Waals surface area contributed by atoms with Gasteiger partial charge < -0.3 is 4.74 Å². The second-order valence-corrected chi connectivity index (χ2v) is 4.48. The lowest BCUT2D eigenvalue weighted by Gasteiger charge is -2.17. The van der Waals surface area contributed by atoms with Gasteiger partial charge in [0.2, 0.25) is 5.78 Å². The Balaban J connectivity index is 2.21. The molecule has 0 heterocycles. The zero-order chi connectivity index (χ0) is 15.5. The van der Waals surface area contributed by atoms with Crippen LogP contribution >= 0.6 is 0 Å². The molecule has 0 saturated heterocycles. The predicted octanol–water partition coefficient (Wildman–Crippen LogP) is 4.36. The molecule has 0 aromatic heterocycles. The molecule has 1 atom stereocenters. The van der Waals surface area contributed by atoms with Gasteiger partial charge in [-0.25, -0.2) is 0 Å². The average Bonchev–Trinajstić information content (AvgIpc) is 2.47. The number of alkyl halides is 3. The Bertz CT molecular complexity index is 621. The van der Waals surface area contributed by atoms with E-state index in [-0.39, 0.29) is 11.5 Å². The number of carbonyl (C=O) groups excluding carboxylic acids is 1. The maximum Gasteiger partial charge on any atom is 0.419 e. The number of hydrogen-bond donors (Lipinski definition) is 0. The third-order valence-electron chi connectivity index (χ3n) is 2.92. The van der Waals surface area contributed by atoms with Crippen LogP contribution in [-0.4, -0.2) is 11.9 Å². The van der Waals surface area contributed by atoms with E-state index in [1.165, 1.54) is 25.1 Å². The van der Waals surface area contributed by atoms with E-state index in [2.05, 4.69) is 0 Å². The van der Waals surface area contributed by atoms with Crippen molar-refractivity contribution in [3.8, 4) is 5.75 Å². The molecule has 5 heteroatoms. The lowest BCUT2D eigenvalue weighted by atomic mass is 10.1. The van der Waals surface area contributed by atoms with Crippen molar-refractivity contribution in [3.05, 3.63) is 65.7 Å². The molecule has 21 heavy (non-hydrogen) atoms. The van der Waals surface area contributed by atoms with Gasteiger partial charge in [-0.15, -0.1) is 0 Å². The molecule has 0 saturated carbocycles. The number of ketones is 1. The number of benzene rings is 2. The van der Waals surface area contributed by atoms with Crippen LogP contribution in [0.2, 0.25) is 0 Å². The second kappa shape index (κ2) is 5.99. The predicted molar refractivity (Wildman–Crippen MR) is 72.3 cm³/mol. The van der Waals surface area contributed by atoms with Crippen LogP contribution in [0.5, 0.6) is 5.75 Å². The quantitative estimate of drug-likeness (QED) is 0.783. The fourth-order valence-corrected chi connectivity index (χ4v) is 1.88. The number of hydrogen-bond acceptors (Lipinski definition) is 2. The number of rotatable bonds is 4. The van der Waals surface area contributed by atoms with E-state index in [0.29, 0.717) is 5.56 Å². The monoisotopic (exact) mass is 294 g/mol. The van der Waals surface area contributed by atoms with Crippen LogP contribution in [0.3, 0.4) is 0 Å². The first-order valence-corrected chi connectivity index (χ1v) is 6.31. The minimum Gasteiger partial charge on any atom is -0.482 e. The summed E-state index contributed by atoms with van der Waals surface area (Å²) in [5.41, 5.74) is -0.493. The molecule has 0 aliphatic heterocycles. The summed E-state index contributed by atoms with van der Waals surface area (Å²) in [5.74, 6) is -0.714. The van der Waals surface area contributed by atoms with E-state index in [0.717, 1.165) is 6.07 Å². The molecular weight excluding hydrogens is 281 g/mol. The Labute approximate surface area is 120 Å². The van der Waals surface area contributed by atoms with Gasteiger partial charge in [0.15, 0.2) is 6.10 Å². The first-order valence-electron chi connectivity index (χ1n) is 6.31. The highest BCUT2D eigenvalue weighted by Gasteiger charge is 2.34. The normalized spacial score (nSPS) is 12.8. The van der Waals surface area contributed by atoms with Gasteiger partial charge in [0.1, 0.15) is 5.75 Å². The van der Waals surface area contributed by atoms with Crippen LogP contribution in [-0.2, 0) is 6.18 Å². The van der Waals surface area contributed by atoms with Crippen LogP contribution in [0, 0.1) is 0 Å². The maximum absolute atomic E-state index is 12.9. The van der Waals surface area contributed by atoms with Crippen molar-refractivity contribution < 1.29 is 22.7 Å². The van der Waals surface area contributed by atoms with Gasteiger partial charge in [0, 0.05) is 5.56 Å². The molecular formula is C16H13F3O2. The van der Waals surface area contributed by atoms with Crippen molar-refractivity contribution in [2.45, 2.75) is 19.2 Å². The van der Waals surface area contributed by atoms with E-state index in [1.807, 2.05) is 0 Å². The molecule has 0 aliphatic carbocycles. The molecule has 0 amide bonds. The van der Waals surface area contributed by atoms with Gasteiger partial charge in [-0.3, -0.25) is 4.79 Å². The number of halogens is 3. The number of Topliss-reactive ketones (excluding diaryl/α,β-unsaturated/α-hetero) is 1. The van der Waals surface area contributed by atoms with Crippen molar-refractivity contribution >= 4 is 5.78 Å². The van der Waals surface area contributed by atoms with E-state index >= 15 is 0 Å². The third-order valence-corrected chi connectivity index (χ3v) is 2.92. The summed E-state index contributed by atoms with van der Waals surface area (Å²) in [6, 6.07) is 13.2. The summed E-state index contributed by atoms with van der Waals surface area (Å²) < 4.78 is 43.8. The Hall–Kier alpha value is -2.30. The van der Waals surface area contributed by atoms with Crippen LogP contribution in [0.1, 0.15) is 22.8 Å². The molecule has 2 rings (SSSR count). The number of para-hydroxylation sites is 1. The average molecular weight is 294 g/mol. The molecule has 0 spiro atoms. The molecule has 1 unspecified atom stereocenters. The highest BCUT2D eigenvalue weighted by atomic mass is 19.4. The van der Waals surface area contributed by atoms with Gasteiger partial charge in [-0.05, 0) is 19.1 Å². The number of carbonyl (C=O) groups is 1. The molecule has 0 radical (unpaired) electrons. The standard InChI is InChI=1S/C16H13F3O2/c1-11(15(20)12-7-3-2-4-8-12)21-14-10-6-5-9-13(14)16(17,18)19/h2-11H,1H3. The zero-order valence-corrected chi connectivity index (χ0v) is 11.2. The molecule has 0 N–H and O–H groups in total. The second-order valence-electron chi connectivity index (χ2n) is 4.48. The minimum absolute atomic E-state index is 0.346. The van der Waals surface area contributed by atoms with Crippen LogP contribution in [0.25, 0.3) is 0 Å². The lowest BCUT2D eigenvalue weighted by molar-refractivity contribution is -0.139. The van der Waals surface area contributed by atoms with Crippen molar-refractivity contribution in [1.82, 2.24) is 0 Å². The molecule has 0 bridgehead atoms. The van der Waals surface area contributed by atoms with E-state index in [1.54, 1.807) is 30.3 Å². The first kappa shape index (κ1) is 15.1. The molecule has 110 valence electrons. The highest BCUT2D eigenvalue weighted by molar-refractivity contribution is 5.99. The fourth-order valence-electron chi connectivity index (χ4n) is 1.88. The topological polar surface area (TPSA) is 26.3 Å². The van der Waals surface area contributed by atoms with Gasteiger partial charge in [-0.1, -0.05) is 42.5 Å². The van der Waals surface area contributed by atoms with E-state index in [9.17, 15) is 18.0 Å². The summed E-state index contributed by atoms with van der Waals surface area (Å²) in [6.07, 6.45) is -5.53. The Morgan fingerprint density at radius 3 is 2.19 bits per heavy atom. The van der Waals surface area contributed by atoms with Crippen molar-refractivity contribution in [2.75, 3.05) is 0 Å². The van der Waals surface area contributed by atoms with Gasteiger partial charge >= 0.3 is 6.18 Å². The molecule has 2 aromatic rings. The Kier molecular flexibility index (Phi) is 4.31. The van der Waals surface area contributed by atoms with Crippen molar-refractivity contribution in [2.24, 2.45) is 0 Å². The SMILES string of the molecule is CC(Oc1ccccc1C(F)(F)F)C(=O)c1ccccc1.